The molecular weight excluding hydrogens is 338 g/mol. The van der Waals surface area contributed by atoms with Crippen LogP contribution < -0.4 is 0 Å². The zero-order chi connectivity index (χ0) is 18.7. The Hall–Kier alpha value is -2.69. The molecule has 1 spiro atoms. The van der Waals surface area contributed by atoms with Gasteiger partial charge in [-0.1, -0.05) is 36.4 Å². The van der Waals surface area contributed by atoms with Crippen molar-refractivity contribution in [2.75, 3.05) is 26.2 Å². The fourth-order valence-electron chi connectivity index (χ4n) is 4.35. The molecule has 2 aromatic rings. The molecule has 0 aliphatic carbocycles. The van der Waals surface area contributed by atoms with Gasteiger partial charge in [0.15, 0.2) is 0 Å². The van der Waals surface area contributed by atoms with Crippen molar-refractivity contribution in [3.63, 3.8) is 0 Å². The lowest BCUT2D eigenvalue weighted by Gasteiger charge is -2.39. The predicted octanol–water partition coefficient (Wildman–Crippen LogP) is 2.78. The van der Waals surface area contributed by atoms with Crippen molar-refractivity contribution in [3.8, 4) is 0 Å². The first-order chi connectivity index (χ1) is 13.2. The van der Waals surface area contributed by atoms with Crippen LogP contribution in [-0.2, 0) is 11.2 Å². The smallest absolute Gasteiger partial charge is 0.272 e. The number of pyridine rings is 1. The minimum Gasteiger partial charge on any atom is -0.342 e. The molecule has 4 rings (SSSR count). The maximum absolute atomic E-state index is 13.2. The molecule has 5 heteroatoms. The van der Waals surface area contributed by atoms with Gasteiger partial charge in [0.05, 0.1) is 5.41 Å². The molecule has 5 nitrogen and oxygen atoms in total. The van der Waals surface area contributed by atoms with Gasteiger partial charge in [0, 0.05) is 32.4 Å². The lowest BCUT2D eigenvalue weighted by Crippen LogP contribution is -2.50. The summed E-state index contributed by atoms with van der Waals surface area (Å²) < 4.78 is 0. The van der Waals surface area contributed by atoms with Crippen molar-refractivity contribution in [2.45, 2.75) is 25.7 Å². The van der Waals surface area contributed by atoms with Gasteiger partial charge in [-0.3, -0.25) is 14.6 Å². The summed E-state index contributed by atoms with van der Waals surface area (Å²) in [4.78, 5) is 33.9. The number of likely N-dealkylation sites (tertiary alicyclic amines) is 2. The number of benzene rings is 1. The van der Waals surface area contributed by atoms with Crippen molar-refractivity contribution in [3.05, 3.63) is 66.0 Å². The second kappa shape index (κ2) is 7.51. The van der Waals surface area contributed by atoms with Crippen molar-refractivity contribution in [1.82, 2.24) is 14.8 Å². The van der Waals surface area contributed by atoms with Gasteiger partial charge < -0.3 is 9.80 Å². The highest BCUT2D eigenvalue weighted by molar-refractivity contribution is 5.93. The van der Waals surface area contributed by atoms with Crippen molar-refractivity contribution in [2.24, 2.45) is 5.41 Å². The summed E-state index contributed by atoms with van der Waals surface area (Å²) in [6.45, 7) is 2.72. The lowest BCUT2D eigenvalue weighted by molar-refractivity contribution is -0.145. The quantitative estimate of drug-likeness (QED) is 0.839. The maximum Gasteiger partial charge on any atom is 0.272 e. The number of piperidine rings is 1. The predicted molar refractivity (Wildman–Crippen MR) is 103 cm³/mol. The highest BCUT2D eigenvalue weighted by atomic mass is 16.2. The summed E-state index contributed by atoms with van der Waals surface area (Å²) in [6.07, 6.45) is 5.15. The van der Waals surface area contributed by atoms with E-state index in [2.05, 4.69) is 17.1 Å². The molecule has 140 valence electrons. The molecule has 0 saturated carbocycles. The fourth-order valence-corrected chi connectivity index (χ4v) is 4.35. The van der Waals surface area contributed by atoms with Gasteiger partial charge in [0.25, 0.3) is 5.91 Å². The van der Waals surface area contributed by atoms with E-state index >= 15 is 0 Å². The Balaban J connectivity index is 1.42. The SMILES string of the molecule is O=C(c1ccccn1)N1CCC2(CCCN(CCc3ccccc3)C2=O)C1. The van der Waals surface area contributed by atoms with Crippen LogP contribution in [0.4, 0.5) is 0 Å². The molecule has 1 aromatic carbocycles. The molecule has 27 heavy (non-hydrogen) atoms. The summed E-state index contributed by atoms with van der Waals surface area (Å²) in [5, 5.41) is 0. The van der Waals surface area contributed by atoms with E-state index in [1.54, 1.807) is 23.2 Å². The number of hydrogen-bond donors (Lipinski definition) is 0. The van der Waals surface area contributed by atoms with E-state index < -0.39 is 5.41 Å². The van der Waals surface area contributed by atoms with E-state index in [9.17, 15) is 9.59 Å². The molecule has 3 heterocycles. The number of hydrogen-bond acceptors (Lipinski definition) is 3. The Morgan fingerprint density at radius 1 is 1.04 bits per heavy atom. The molecule has 0 radical (unpaired) electrons. The molecule has 1 unspecified atom stereocenters. The van der Waals surface area contributed by atoms with Crippen LogP contribution in [-0.4, -0.2) is 52.8 Å². The first kappa shape index (κ1) is 17.7. The molecular formula is C22H25N3O2. The molecule has 0 bridgehead atoms. The van der Waals surface area contributed by atoms with E-state index in [0.717, 1.165) is 38.8 Å². The first-order valence-electron chi connectivity index (χ1n) is 9.72. The Kier molecular flexibility index (Phi) is 4.92. The van der Waals surface area contributed by atoms with Gasteiger partial charge in [-0.05, 0) is 43.4 Å². The fraction of sp³-hybridized carbons (Fsp3) is 0.409. The number of carbonyl (C=O) groups is 2. The van der Waals surface area contributed by atoms with E-state index in [1.807, 2.05) is 29.2 Å². The van der Waals surface area contributed by atoms with E-state index in [0.29, 0.717) is 18.8 Å². The van der Waals surface area contributed by atoms with E-state index in [1.165, 1.54) is 5.56 Å². The third-order valence-electron chi connectivity index (χ3n) is 5.86. The number of carbonyl (C=O) groups excluding carboxylic acids is 2. The molecule has 1 aromatic heterocycles. The minimum atomic E-state index is -0.403. The molecule has 2 fully saturated rings. The highest BCUT2D eigenvalue weighted by Gasteiger charge is 2.49. The average Bonchev–Trinajstić information content (AvgIpc) is 3.15. The van der Waals surface area contributed by atoms with Gasteiger partial charge in [0.2, 0.25) is 5.91 Å². The topological polar surface area (TPSA) is 53.5 Å². The summed E-state index contributed by atoms with van der Waals surface area (Å²) in [5.74, 6) is 0.155. The number of amides is 2. The summed E-state index contributed by atoms with van der Waals surface area (Å²) >= 11 is 0. The van der Waals surface area contributed by atoms with Crippen LogP contribution in [0, 0.1) is 5.41 Å². The van der Waals surface area contributed by atoms with Crippen LogP contribution in [0.15, 0.2) is 54.7 Å². The number of nitrogens with zero attached hydrogens (tertiary/aromatic N) is 3. The molecule has 2 aliphatic heterocycles. The Bertz CT molecular complexity index is 809. The van der Waals surface area contributed by atoms with Crippen LogP contribution >= 0.6 is 0 Å². The van der Waals surface area contributed by atoms with Crippen LogP contribution in [0.2, 0.25) is 0 Å². The largest absolute Gasteiger partial charge is 0.342 e. The lowest BCUT2D eigenvalue weighted by atomic mass is 9.78. The van der Waals surface area contributed by atoms with Crippen LogP contribution in [0.3, 0.4) is 0 Å². The van der Waals surface area contributed by atoms with Crippen LogP contribution in [0.25, 0.3) is 0 Å². The van der Waals surface area contributed by atoms with Crippen molar-refractivity contribution < 1.29 is 9.59 Å². The standard InChI is InChI=1S/C22H25N3O2/c26-20(19-9-4-5-13-23-19)25-16-12-22(17-25)11-6-14-24(21(22)27)15-10-18-7-2-1-3-8-18/h1-5,7-9,13H,6,10-12,14-17H2. The number of rotatable bonds is 4. The van der Waals surface area contributed by atoms with Crippen LogP contribution in [0.5, 0.6) is 0 Å². The average molecular weight is 363 g/mol. The zero-order valence-electron chi connectivity index (χ0n) is 15.5. The van der Waals surface area contributed by atoms with E-state index in [4.69, 9.17) is 0 Å². The molecule has 1 atom stereocenters. The molecule has 2 saturated heterocycles. The highest BCUT2D eigenvalue weighted by Crippen LogP contribution is 2.40. The maximum atomic E-state index is 13.2. The zero-order valence-corrected chi connectivity index (χ0v) is 15.5. The Morgan fingerprint density at radius 3 is 2.63 bits per heavy atom. The van der Waals surface area contributed by atoms with Gasteiger partial charge >= 0.3 is 0 Å². The normalized spacial score (nSPS) is 22.4. The second-order valence-electron chi connectivity index (χ2n) is 7.60. The first-order valence-corrected chi connectivity index (χ1v) is 9.72. The summed E-state index contributed by atoms with van der Waals surface area (Å²) in [6, 6.07) is 15.7. The van der Waals surface area contributed by atoms with Gasteiger partial charge in [-0.15, -0.1) is 0 Å². The number of aromatic nitrogens is 1. The third-order valence-corrected chi connectivity index (χ3v) is 5.86. The molecule has 2 amide bonds. The summed E-state index contributed by atoms with van der Waals surface area (Å²) in [5.41, 5.74) is 1.31. The van der Waals surface area contributed by atoms with Crippen LogP contribution in [0.1, 0.15) is 35.3 Å². The van der Waals surface area contributed by atoms with Gasteiger partial charge in [-0.2, -0.15) is 0 Å². The Morgan fingerprint density at radius 2 is 1.85 bits per heavy atom. The van der Waals surface area contributed by atoms with Crippen molar-refractivity contribution in [1.29, 1.82) is 0 Å². The molecule has 0 N–H and O–H groups in total. The minimum absolute atomic E-state index is 0.0679. The van der Waals surface area contributed by atoms with E-state index in [-0.39, 0.29) is 11.8 Å². The Labute approximate surface area is 160 Å². The summed E-state index contributed by atoms with van der Waals surface area (Å²) in [7, 11) is 0. The van der Waals surface area contributed by atoms with Gasteiger partial charge in [-0.25, -0.2) is 0 Å². The monoisotopic (exact) mass is 363 g/mol. The second-order valence-corrected chi connectivity index (χ2v) is 7.60. The third kappa shape index (κ3) is 3.59. The molecule has 2 aliphatic rings. The van der Waals surface area contributed by atoms with Gasteiger partial charge in [0.1, 0.15) is 5.69 Å². The van der Waals surface area contributed by atoms with Crippen molar-refractivity contribution >= 4 is 11.8 Å².